The van der Waals surface area contributed by atoms with Gasteiger partial charge in [0.05, 0.1) is 6.61 Å². The Morgan fingerprint density at radius 3 is 1.10 bits per heavy atom. The molecule has 0 saturated carbocycles. The minimum atomic E-state index is 0.0842. The first kappa shape index (κ1) is 22.6. The summed E-state index contributed by atoms with van der Waals surface area (Å²) in [6.07, 6.45) is 0. The number of alkyl halides is 1. The summed E-state index contributed by atoms with van der Waals surface area (Å²) in [7, 11) is 0. The van der Waals surface area contributed by atoms with Crippen LogP contribution in [0, 0.1) is 0 Å². The second-order valence-corrected chi connectivity index (χ2v) is 8.13. The molecule has 0 unspecified atom stereocenters. The van der Waals surface area contributed by atoms with Crippen molar-refractivity contribution in [2.75, 3.05) is 0 Å². The standard InChI is InChI=1S/C13H10BrCl.C13H11ClO/c14-9-10-1-3-11(4-2-10)12-5-7-13(15)8-6-12;14-13-7-5-12(6-8-13)11-3-1-10(9-15)2-4-11/h1-8H,9H2;1-8,15H,9H2. The summed E-state index contributed by atoms with van der Waals surface area (Å²) in [5.74, 6) is 0. The lowest BCUT2D eigenvalue weighted by Gasteiger charge is -2.02. The summed E-state index contributed by atoms with van der Waals surface area (Å²) in [6.45, 7) is 0.0842. The molecule has 0 fully saturated rings. The summed E-state index contributed by atoms with van der Waals surface area (Å²) in [6, 6.07) is 31.9. The fraction of sp³-hybridized carbons (Fsp3) is 0.0769. The number of hydrogen-bond acceptors (Lipinski definition) is 1. The highest BCUT2D eigenvalue weighted by Gasteiger charge is 1.98. The third-order valence-electron chi connectivity index (χ3n) is 4.60. The van der Waals surface area contributed by atoms with Gasteiger partial charge in [-0.2, -0.15) is 0 Å². The lowest BCUT2D eigenvalue weighted by atomic mass is 10.0. The number of aliphatic hydroxyl groups is 1. The molecular weight excluding hydrogens is 479 g/mol. The Hall–Kier alpha value is -2.10. The average Bonchev–Trinajstić information content (AvgIpc) is 2.81. The quantitative estimate of drug-likeness (QED) is 0.279. The van der Waals surface area contributed by atoms with Gasteiger partial charge in [-0.25, -0.2) is 0 Å². The van der Waals surface area contributed by atoms with Gasteiger partial charge < -0.3 is 5.11 Å². The van der Waals surface area contributed by atoms with Gasteiger partial charge in [0.1, 0.15) is 0 Å². The van der Waals surface area contributed by atoms with Gasteiger partial charge in [0.2, 0.25) is 0 Å². The van der Waals surface area contributed by atoms with Gasteiger partial charge in [0, 0.05) is 15.4 Å². The number of hydrogen-bond donors (Lipinski definition) is 1. The molecule has 0 atom stereocenters. The molecule has 0 aliphatic carbocycles. The average molecular weight is 500 g/mol. The maximum atomic E-state index is 8.92. The Morgan fingerprint density at radius 1 is 0.500 bits per heavy atom. The van der Waals surface area contributed by atoms with Gasteiger partial charge in [-0.15, -0.1) is 0 Å². The zero-order valence-corrected chi connectivity index (χ0v) is 19.3. The molecule has 0 amide bonds. The second kappa shape index (κ2) is 11.3. The van der Waals surface area contributed by atoms with Crippen molar-refractivity contribution in [3.05, 3.63) is 118 Å². The van der Waals surface area contributed by atoms with E-state index in [1.165, 1.54) is 16.7 Å². The van der Waals surface area contributed by atoms with Crippen LogP contribution in [0.4, 0.5) is 0 Å². The Kier molecular flexibility index (Phi) is 8.53. The van der Waals surface area contributed by atoms with Crippen LogP contribution in [0.1, 0.15) is 11.1 Å². The topological polar surface area (TPSA) is 20.2 Å². The normalized spacial score (nSPS) is 10.3. The molecular formula is C26H21BrCl2O. The van der Waals surface area contributed by atoms with E-state index in [0.717, 1.165) is 32.1 Å². The predicted molar refractivity (Wildman–Crippen MR) is 132 cm³/mol. The molecule has 1 N–H and O–H groups in total. The first-order valence-corrected chi connectivity index (χ1v) is 11.3. The zero-order chi connectivity index (χ0) is 21.3. The van der Waals surface area contributed by atoms with Crippen LogP contribution in [-0.4, -0.2) is 5.11 Å². The van der Waals surface area contributed by atoms with Crippen LogP contribution in [0.3, 0.4) is 0 Å². The Labute approximate surface area is 196 Å². The van der Waals surface area contributed by atoms with Crippen molar-refractivity contribution < 1.29 is 5.11 Å². The van der Waals surface area contributed by atoms with Crippen molar-refractivity contribution in [2.45, 2.75) is 11.9 Å². The molecule has 0 aliphatic rings. The maximum Gasteiger partial charge on any atom is 0.0681 e. The van der Waals surface area contributed by atoms with E-state index in [4.69, 9.17) is 28.3 Å². The van der Waals surface area contributed by atoms with E-state index in [9.17, 15) is 0 Å². The summed E-state index contributed by atoms with van der Waals surface area (Å²) in [5, 5.41) is 11.3. The van der Waals surface area contributed by atoms with Crippen LogP contribution >= 0.6 is 39.1 Å². The minimum absolute atomic E-state index is 0.0842. The Balaban J connectivity index is 0.000000171. The summed E-state index contributed by atoms with van der Waals surface area (Å²) in [4.78, 5) is 0. The number of aliphatic hydroxyl groups excluding tert-OH is 1. The molecule has 30 heavy (non-hydrogen) atoms. The summed E-state index contributed by atoms with van der Waals surface area (Å²) in [5.41, 5.74) is 6.88. The van der Waals surface area contributed by atoms with Crippen LogP contribution in [-0.2, 0) is 11.9 Å². The van der Waals surface area contributed by atoms with Gasteiger partial charge in [-0.3, -0.25) is 0 Å². The molecule has 4 aromatic carbocycles. The summed E-state index contributed by atoms with van der Waals surface area (Å²) < 4.78 is 0. The highest BCUT2D eigenvalue weighted by atomic mass is 79.9. The molecule has 0 bridgehead atoms. The Bertz CT molecular complexity index is 953. The molecule has 4 heteroatoms. The summed E-state index contributed by atoms with van der Waals surface area (Å²) >= 11 is 15.1. The van der Waals surface area contributed by atoms with E-state index in [1.807, 2.05) is 72.8 Å². The molecule has 0 aliphatic heterocycles. The number of rotatable bonds is 4. The van der Waals surface area contributed by atoms with Crippen molar-refractivity contribution >= 4 is 39.1 Å². The molecule has 0 radical (unpaired) electrons. The maximum absolute atomic E-state index is 8.92. The van der Waals surface area contributed by atoms with Gasteiger partial charge >= 0.3 is 0 Å². The zero-order valence-electron chi connectivity index (χ0n) is 16.2. The van der Waals surface area contributed by atoms with E-state index < -0.39 is 0 Å². The molecule has 1 nitrogen and oxygen atoms in total. The van der Waals surface area contributed by atoms with Gasteiger partial charge in [-0.1, -0.05) is 112 Å². The van der Waals surface area contributed by atoms with Crippen molar-refractivity contribution in [3.63, 3.8) is 0 Å². The van der Waals surface area contributed by atoms with Crippen molar-refractivity contribution in [2.24, 2.45) is 0 Å². The van der Waals surface area contributed by atoms with Crippen molar-refractivity contribution in [1.29, 1.82) is 0 Å². The fourth-order valence-corrected chi connectivity index (χ4v) is 3.50. The monoisotopic (exact) mass is 498 g/mol. The lowest BCUT2D eigenvalue weighted by molar-refractivity contribution is 0.282. The number of benzene rings is 4. The predicted octanol–water partition coefficient (Wildman–Crippen LogP) is 8.40. The van der Waals surface area contributed by atoms with E-state index in [1.54, 1.807) is 0 Å². The third-order valence-corrected chi connectivity index (χ3v) is 5.75. The van der Waals surface area contributed by atoms with Gasteiger partial charge in [-0.05, 0) is 57.6 Å². The molecule has 0 heterocycles. The lowest BCUT2D eigenvalue weighted by Crippen LogP contribution is -1.82. The highest BCUT2D eigenvalue weighted by Crippen LogP contribution is 2.23. The number of halogens is 3. The first-order valence-electron chi connectivity index (χ1n) is 9.45. The van der Waals surface area contributed by atoms with Gasteiger partial charge in [0.25, 0.3) is 0 Å². The van der Waals surface area contributed by atoms with E-state index >= 15 is 0 Å². The Morgan fingerprint density at radius 2 is 0.800 bits per heavy atom. The molecule has 0 spiro atoms. The third kappa shape index (κ3) is 6.45. The SMILES string of the molecule is Clc1ccc(-c2ccc(CBr)cc2)cc1.OCc1ccc(-c2ccc(Cl)cc2)cc1. The van der Waals surface area contributed by atoms with Crippen LogP contribution in [0.15, 0.2) is 97.1 Å². The largest absolute Gasteiger partial charge is 0.392 e. The minimum Gasteiger partial charge on any atom is -0.392 e. The van der Waals surface area contributed by atoms with Crippen LogP contribution in [0.2, 0.25) is 10.0 Å². The first-order chi connectivity index (χ1) is 14.6. The van der Waals surface area contributed by atoms with E-state index in [2.05, 4.69) is 40.2 Å². The second-order valence-electron chi connectivity index (χ2n) is 6.70. The highest BCUT2D eigenvalue weighted by molar-refractivity contribution is 9.08. The molecule has 0 aromatic heterocycles. The van der Waals surface area contributed by atoms with E-state index in [0.29, 0.717) is 0 Å². The smallest absolute Gasteiger partial charge is 0.0681 e. The molecule has 4 aromatic rings. The molecule has 4 rings (SSSR count). The van der Waals surface area contributed by atoms with Crippen LogP contribution < -0.4 is 0 Å². The van der Waals surface area contributed by atoms with Crippen LogP contribution in [0.25, 0.3) is 22.3 Å². The van der Waals surface area contributed by atoms with Crippen molar-refractivity contribution in [3.8, 4) is 22.3 Å². The fourth-order valence-electron chi connectivity index (χ4n) is 2.87. The van der Waals surface area contributed by atoms with Crippen molar-refractivity contribution in [1.82, 2.24) is 0 Å². The van der Waals surface area contributed by atoms with E-state index in [-0.39, 0.29) is 6.61 Å². The molecule has 0 saturated heterocycles. The van der Waals surface area contributed by atoms with Crippen LogP contribution in [0.5, 0.6) is 0 Å². The van der Waals surface area contributed by atoms with Gasteiger partial charge in [0.15, 0.2) is 0 Å². The molecule has 152 valence electrons.